The zero-order valence-corrected chi connectivity index (χ0v) is 16.5. The molecule has 3 rings (SSSR count). The number of likely N-dealkylation sites (tertiary alicyclic amines) is 1. The molecule has 6 nitrogen and oxygen atoms in total. The van der Waals surface area contributed by atoms with Crippen LogP contribution in [0.3, 0.4) is 0 Å². The number of ether oxygens (including phenoxy) is 2. The van der Waals surface area contributed by atoms with Crippen LogP contribution in [-0.2, 0) is 4.74 Å². The first kappa shape index (κ1) is 18.9. The fourth-order valence-electron chi connectivity index (χ4n) is 3.01. The average Bonchev–Trinajstić information content (AvgIpc) is 3.04. The summed E-state index contributed by atoms with van der Waals surface area (Å²) in [5.41, 5.74) is 0.785. The van der Waals surface area contributed by atoms with Crippen molar-refractivity contribution in [2.75, 3.05) is 32.1 Å². The van der Waals surface area contributed by atoms with Crippen molar-refractivity contribution in [2.45, 2.75) is 39.2 Å². The van der Waals surface area contributed by atoms with Gasteiger partial charge in [0.1, 0.15) is 11.3 Å². The number of amides is 2. The molecule has 2 amide bonds. The summed E-state index contributed by atoms with van der Waals surface area (Å²) in [4.78, 5) is 18.9. The Labute approximate surface area is 158 Å². The maximum absolute atomic E-state index is 12.5. The predicted molar refractivity (Wildman–Crippen MR) is 105 cm³/mol. The molecule has 0 aliphatic carbocycles. The van der Waals surface area contributed by atoms with Gasteiger partial charge in [-0.05, 0) is 37.3 Å². The van der Waals surface area contributed by atoms with E-state index in [0.717, 1.165) is 41.8 Å². The van der Waals surface area contributed by atoms with E-state index in [1.54, 1.807) is 7.11 Å². The van der Waals surface area contributed by atoms with Crippen molar-refractivity contribution in [2.24, 2.45) is 5.92 Å². The lowest BCUT2D eigenvalue weighted by Gasteiger charge is -2.31. The fraction of sp³-hybridized carbons (Fsp3) is 0.579. The molecule has 1 aromatic heterocycles. The van der Waals surface area contributed by atoms with Crippen LogP contribution < -0.4 is 10.1 Å². The van der Waals surface area contributed by atoms with Gasteiger partial charge in [-0.2, -0.15) is 0 Å². The molecule has 0 radical (unpaired) electrons. The molecular weight excluding hydrogens is 350 g/mol. The Morgan fingerprint density at radius 1 is 1.38 bits per heavy atom. The number of carbonyl (C=O) groups is 1. The van der Waals surface area contributed by atoms with Crippen LogP contribution in [0.4, 0.5) is 9.93 Å². The largest absolute Gasteiger partial charge is 0.494 e. The quantitative estimate of drug-likeness (QED) is 0.812. The van der Waals surface area contributed by atoms with Gasteiger partial charge >= 0.3 is 6.03 Å². The van der Waals surface area contributed by atoms with E-state index >= 15 is 0 Å². The number of hydrogen-bond acceptors (Lipinski definition) is 5. The lowest BCUT2D eigenvalue weighted by Crippen LogP contribution is -2.43. The molecule has 0 unspecified atom stereocenters. The Morgan fingerprint density at radius 2 is 2.15 bits per heavy atom. The molecule has 0 saturated carbocycles. The van der Waals surface area contributed by atoms with Crippen LogP contribution >= 0.6 is 11.3 Å². The molecular formula is C19H27N3O3S. The number of aromatic nitrogens is 1. The molecule has 0 atom stereocenters. The normalized spacial score (nSPS) is 15.6. The van der Waals surface area contributed by atoms with Gasteiger partial charge in [-0.3, -0.25) is 5.32 Å². The van der Waals surface area contributed by atoms with Gasteiger partial charge in [-0.15, -0.1) is 0 Å². The van der Waals surface area contributed by atoms with Gasteiger partial charge in [0.25, 0.3) is 0 Å². The van der Waals surface area contributed by atoms with Crippen LogP contribution in [0.5, 0.6) is 5.75 Å². The maximum Gasteiger partial charge on any atom is 0.323 e. The zero-order chi connectivity index (χ0) is 18.5. The number of nitrogens with zero attached hydrogens (tertiary/aromatic N) is 2. The van der Waals surface area contributed by atoms with E-state index in [1.165, 1.54) is 11.3 Å². The van der Waals surface area contributed by atoms with Gasteiger partial charge in [-0.25, -0.2) is 9.78 Å². The van der Waals surface area contributed by atoms with Gasteiger partial charge in [0.05, 0.1) is 17.9 Å². The highest BCUT2D eigenvalue weighted by Gasteiger charge is 2.24. The van der Waals surface area contributed by atoms with Crippen molar-refractivity contribution in [1.82, 2.24) is 9.88 Å². The zero-order valence-electron chi connectivity index (χ0n) is 15.7. The number of methoxy groups -OCH3 is 1. The van der Waals surface area contributed by atoms with Crippen LogP contribution in [-0.4, -0.2) is 48.8 Å². The van der Waals surface area contributed by atoms with Crippen LogP contribution in [0.25, 0.3) is 10.2 Å². The SMILES string of the molecule is COc1cccc2sc(NC(=O)N3CCC(OCCC(C)C)CC3)nc12. The summed E-state index contributed by atoms with van der Waals surface area (Å²) in [7, 11) is 1.62. The van der Waals surface area contributed by atoms with Gasteiger partial charge < -0.3 is 14.4 Å². The van der Waals surface area contributed by atoms with Crippen LogP contribution in [0.15, 0.2) is 18.2 Å². The maximum atomic E-state index is 12.5. The topological polar surface area (TPSA) is 63.7 Å². The molecule has 2 aromatic rings. The Bertz CT molecular complexity index is 739. The number of anilines is 1. The van der Waals surface area contributed by atoms with Gasteiger partial charge in [0, 0.05) is 19.7 Å². The molecule has 0 bridgehead atoms. The molecule has 1 fully saturated rings. The number of benzene rings is 1. The summed E-state index contributed by atoms with van der Waals surface area (Å²) >= 11 is 1.46. The summed E-state index contributed by atoms with van der Waals surface area (Å²) in [5.74, 6) is 1.38. The summed E-state index contributed by atoms with van der Waals surface area (Å²) in [6.07, 6.45) is 3.13. The standard InChI is InChI=1S/C19H27N3O3S/c1-13(2)9-12-25-14-7-10-22(11-8-14)19(23)21-18-20-17-15(24-3)5-4-6-16(17)26-18/h4-6,13-14H,7-12H2,1-3H3,(H,20,21,23). The summed E-state index contributed by atoms with van der Waals surface area (Å²) in [6, 6.07) is 5.68. The van der Waals surface area contributed by atoms with E-state index in [1.807, 2.05) is 23.1 Å². The summed E-state index contributed by atoms with van der Waals surface area (Å²) < 4.78 is 12.2. The van der Waals surface area contributed by atoms with E-state index in [4.69, 9.17) is 9.47 Å². The average molecular weight is 378 g/mol. The van der Waals surface area contributed by atoms with Crippen molar-refractivity contribution in [3.8, 4) is 5.75 Å². The molecule has 1 aliphatic rings. The second-order valence-corrected chi connectivity index (χ2v) is 8.03. The number of fused-ring (bicyclic) bond motifs is 1. The number of hydrogen-bond donors (Lipinski definition) is 1. The molecule has 0 spiro atoms. The van der Waals surface area contributed by atoms with E-state index in [9.17, 15) is 4.79 Å². The number of rotatable bonds is 6. The molecule has 1 saturated heterocycles. The van der Waals surface area contributed by atoms with E-state index in [2.05, 4.69) is 24.1 Å². The molecule has 1 aliphatic heterocycles. The number of piperidine rings is 1. The van der Waals surface area contributed by atoms with Crippen LogP contribution in [0, 0.1) is 5.92 Å². The third-order valence-corrected chi connectivity index (χ3v) is 5.53. The molecule has 1 N–H and O–H groups in total. The second-order valence-electron chi connectivity index (χ2n) is 7.00. The summed E-state index contributed by atoms with van der Waals surface area (Å²) in [5, 5.41) is 3.53. The number of thiazole rings is 1. The van der Waals surface area contributed by atoms with Crippen molar-refractivity contribution < 1.29 is 14.3 Å². The molecule has 1 aromatic carbocycles. The van der Waals surface area contributed by atoms with Crippen molar-refractivity contribution in [3.63, 3.8) is 0 Å². The minimum Gasteiger partial charge on any atom is -0.494 e. The molecule has 142 valence electrons. The summed E-state index contributed by atoms with van der Waals surface area (Å²) in [6.45, 7) is 6.64. The monoisotopic (exact) mass is 377 g/mol. The minimum absolute atomic E-state index is 0.0938. The fourth-order valence-corrected chi connectivity index (χ4v) is 3.88. The van der Waals surface area contributed by atoms with Gasteiger partial charge in [0.15, 0.2) is 5.13 Å². The first-order chi connectivity index (χ1) is 12.6. The van der Waals surface area contributed by atoms with E-state index in [-0.39, 0.29) is 12.1 Å². The lowest BCUT2D eigenvalue weighted by atomic mass is 10.1. The van der Waals surface area contributed by atoms with Gasteiger partial charge in [-0.1, -0.05) is 31.3 Å². The predicted octanol–water partition coefficient (Wildman–Crippen LogP) is 4.36. The van der Waals surface area contributed by atoms with Crippen LogP contribution in [0.1, 0.15) is 33.1 Å². The molecule has 2 heterocycles. The highest BCUT2D eigenvalue weighted by Crippen LogP contribution is 2.32. The van der Waals surface area contributed by atoms with Crippen molar-refractivity contribution >= 4 is 32.7 Å². The number of para-hydroxylation sites is 1. The second kappa shape index (κ2) is 8.68. The number of urea groups is 1. The lowest BCUT2D eigenvalue weighted by molar-refractivity contribution is 0.0112. The third kappa shape index (κ3) is 4.65. The van der Waals surface area contributed by atoms with E-state index in [0.29, 0.717) is 24.1 Å². The smallest absolute Gasteiger partial charge is 0.323 e. The minimum atomic E-state index is -0.0938. The Hall–Kier alpha value is -1.86. The van der Waals surface area contributed by atoms with E-state index < -0.39 is 0 Å². The highest BCUT2D eigenvalue weighted by molar-refractivity contribution is 7.22. The molecule has 7 heteroatoms. The Kier molecular flexibility index (Phi) is 6.32. The highest BCUT2D eigenvalue weighted by atomic mass is 32.1. The number of nitrogens with one attached hydrogen (secondary N) is 1. The first-order valence-electron chi connectivity index (χ1n) is 9.18. The Morgan fingerprint density at radius 3 is 2.85 bits per heavy atom. The Balaban J connectivity index is 1.52. The first-order valence-corrected chi connectivity index (χ1v) is 9.99. The third-order valence-electron chi connectivity index (χ3n) is 4.59. The van der Waals surface area contributed by atoms with Crippen LogP contribution in [0.2, 0.25) is 0 Å². The van der Waals surface area contributed by atoms with Gasteiger partial charge in [0.2, 0.25) is 0 Å². The molecule has 26 heavy (non-hydrogen) atoms. The van der Waals surface area contributed by atoms with Crippen molar-refractivity contribution in [1.29, 1.82) is 0 Å². The number of carbonyl (C=O) groups excluding carboxylic acids is 1. The van der Waals surface area contributed by atoms with Crippen molar-refractivity contribution in [3.05, 3.63) is 18.2 Å².